The third kappa shape index (κ3) is 5.45. The monoisotopic (exact) mass is 393 g/mol. The van der Waals surface area contributed by atoms with E-state index in [1.165, 1.54) is 29.1 Å². The van der Waals surface area contributed by atoms with Gasteiger partial charge in [-0.3, -0.25) is 4.79 Å². The van der Waals surface area contributed by atoms with E-state index in [2.05, 4.69) is 41.4 Å². The Morgan fingerprint density at radius 3 is 2.37 bits per heavy atom. The van der Waals surface area contributed by atoms with Crippen molar-refractivity contribution in [3.8, 4) is 0 Å². The quantitative estimate of drug-likeness (QED) is 0.833. The van der Waals surface area contributed by atoms with Crippen molar-refractivity contribution >= 4 is 21.6 Å². The van der Waals surface area contributed by atoms with Crippen LogP contribution in [0.3, 0.4) is 0 Å². The Bertz CT molecular complexity index is 740. The number of rotatable bonds is 5. The maximum atomic E-state index is 12.4. The molecule has 1 aromatic carbocycles. The van der Waals surface area contributed by atoms with Crippen molar-refractivity contribution in [2.24, 2.45) is 11.8 Å². The summed E-state index contributed by atoms with van der Waals surface area (Å²) in [6.07, 6.45) is 4.96. The summed E-state index contributed by atoms with van der Waals surface area (Å²) in [4.78, 5) is 14.8. The van der Waals surface area contributed by atoms with Gasteiger partial charge in [-0.15, -0.1) is 0 Å². The van der Waals surface area contributed by atoms with Gasteiger partial charge in [0.1, 0.15) is 0 Å². The number of amides is 1. The molecule has 0 unspecified atom stereocenters. The fourth-order valence-electron chi connectivity index (χ4n) is 4.03. The average molecular weight is 394 g/mol. The van der Waals surface area contributed by atoms with Gasteiger partial charge in [0.25, 0.3) is 0 Å². The summed E-state index contributed by atoms with van der Waals surface area (Å²) in [5.41, 5.74) is 2.34. The van der Waals surface area contributed by atoms with Gasteiger partial charge < -0.3 is 10.2 Å². The van der Waals surface area contributed by atoms with Crippen LogP contribution < -0.4 is 10.2 Å². The molecule has 1 aromatic rings. The number of carbonyl (C=O) groups is 1. The maximum Gasteiger partial charge on any atom is 0.223 e. The van der Waals surface area contributed by atoms with Crippen LogP contribution in [-0.2, 0) is 21.4 Å². The standard InChI is InChI=1S/C20H31N3O3S/c1-16-4-3-11-22(15-16)19-7-5-17(6-8-19)14-21-20(24)18-9-12-23(13-10-18)27(2,25)26/h5-8,16,18H,3-4,9-15H2,1-2H3,(H,21,24)/t16-/m0/s1. The Morgan fingerprint density at radius 1 is 1.11 bits per heavy atom. The molecule has 2 fully saturated rings. The highest BCUT2D eigenvalue weighted by molar-refractivity contribution is 7.88. The molecular weight excluding hydrogens is 362 g/mol. The van der Waals surface area contributed by atoms with Crippen molar-refractivity contribution < 1.29 is 13.2 Å². The second-order valence-corrected chi connectivity index (χ2v) is 10.00. The molecule has 0 saturated carbocycles. The third-order valence-electron chi connectivity index (χ3n) is 5.72. The second kappa shape index (κ2) is 8.61. The van der Waals surface area contributed by atoms with Gasteiger partial charge in [0, 0.05) is 44.3 Å². The first-order valence-corrected chi connectivity index (χ1v) is 11.7. The first kappa shape index (κ1) is 20.1. The topological polar surface area (TPSA) is 69.7 Å². The molecule has 2 heterocycles. The fraction of sp³-hybridized carbons (Fsp3) is 0.650. The van der Waals surface area contributed by atoms with E-state index in [1.807, 2.05) is 0 Å². The molecule has 1 N–H and O–H groups in total. The van der Waals surface area contributed by atoms with Crippen molar-refractivity contribution in [2.75, 3.05) is 37.3 Å². The van der Waals surface area contributed by atoms with Crippen LogP contribution in [0.25, 0.3) is 0 Å². The predicted octanol–water partition coefficient (Wildman–Crippen LogP) is 2.21. The average Bonchev–Trinajstić information content (AvgIpc) is 2.66. The minimum Gasteiger partial charge on any atom is -0.371 e. The zero-order valence-corrected chi connectivity index (χ0v) is 17.2. The van der Waals surface area contributed by atoms with Crippen LogP contribution in [0.15, 0.2) is 24.3 Å². The molecule has 2 saturated heterocycles. The number of nitrogens with zero attached hydrogens (tertiary/aromatic N) is 2. The number of benzene rings is 1. The van der Waals surface area contributed by atoms with Crippen molar-refractivity contribution in [1.29, 1.82) is 0 Å². The van der Waals surface area contributed by atoms with Crippen LogP contribution in [0, 0.1) is 11.8 Å². The summed E-state index contributed by atoms with van der Waals surface area (Å²) in [5, 5.41) is 3.01. The van der Waals surface area contributed by atoms with E-state index in [0.29, 0.717) is 32.5 Å². The number of hydrogen-bond donors (Lipinski definition) is 1. The minimum absolute atomic E-state index is 0.0251. The van der Waals surface area contributed by atoms with Crippen molar-refractivity contribution in [2.45, 2.75) is 39.2 Å². The Morgan fingerprint density at radius 2 is 1.78 bits per heavy atom. The molecule has 0 radical (unpaired) electrons. The van der Waals surface area contributed by atoms with Crippen LogP contribution in [0.1, 0.15) is 38.2 Å². The zero-order chi connectivity index (χ0) is 19.4. The SMILES string of the molecule is C[C@H]1CCCN(c2ccc(CNC(=O)C3CCN(S(C)(=O)=O)CC3)cc2)C1. The van der Waals surface area contributed by atoms with Gasteiger partial charge in [-0.25, -0.2) is 12.7 Å². The van der Waals surface area contributed by atoms with Crippen molar-refractivity contribution in [3.05, 3.63) is 29.8 Å². The van der Waals surface area contributed by atoms with Gasteiger partial charge in [-0.05, 0) is 49.3 Å². The first-order valence-electron chi connectivity index (χ1n) is 9.89. The largest absolute Gasteiger partial charge is 0.371 e. The Hall–Kier alpha value is -1.60. The summed E-state index contributed by atoms with van der Waals surface area (Å²) >= 11 is 0. The Labute approximate surface area is 163 Å². The lowest BCUT2D eigenvalue weighted by Gasteiger charge is -2.32. The van der Waals surface area contributed by atoms with E-state index >= 15 is 0 Å². The van der Waals surface area contributed by atoms with E-state index in [0.717, 1.165) is 24.6 Å². The molecule has 0 aromatic heterocycles. The number of piperidine rings is 2. The van der Waals surface area contributed by atoms with Crippen LogP contribution in [0.2, 0.25) is 0 Å². The number of carbonyl (C=O) groups excluding carboxylic acids is 1. The molecule has 150 valence electrons. The number of nitrogens with one attached hydrogen (secondary N) is 1. The number of sulfonamides is 1. The molecule has 3 rings (SSSR count). The van der Waals surface area contributed by atoms with E-state index in [9.17, 15) is 13.2 Å². The van der Waals surface area contributed by atoms with Crippen molar-refractivity contribution in [3.63, 3.8) is 0 Å². The highest BCUT2D eigenvalue weighted by atomic mass is 32.2. The van der Waals surface area contributed by atoms with E-state index in [1.54, 1.807) is 0 Å². The summed E-state index contributed by atoms with van der Waals surface area (Å²) in [7, 11) is -3.15. The van der Waals surface area contributed by atoms with E-state index in [4.69, 9.17) is 0 Å². The summed E-state index contributed by atoms with van der Waals surface area (Å²) in [6, 6.07) is 8.45. The Balaban J connectivity index is 1.46. The number of anilines is 1. The third-order valence-corrected chi connectivity index (χ3v) is 7.02. The summed E-state index contributed by atoms with van der Waals surface area (Å²) in [6.45, 7) is 5.91. The van der Waals surface area contributed by atoms with E-state index in [-0.39, 0.29) is 11.8 Å². The van der Waals surface area contributed by atoms with Crippen molar-refractivity contribution in [1.82, 2.24) is 9.62 Å². The van der Waals surface area contributed by atoms with Crippen LogP contribution in [0.5, 0.6) is 0 Å². The molecule has 1 amide bonds. The van der Waals surface area contributed by atoms with Gasteiger partial charge in [-0.1, -0.05) is 19.1 Å². The van der Waals surface area contributed by atoms with E-state index < -0.39 is 10.0 Å². The summed E-state index contributed by atoms with van der Waals surface area (Å²) in [5.74, 6) is 0.668. The van der Waals surface area contributed by atoms with Gasteiger partial charge in [-0.2, -0.15) is 0 Å². The smallest absolute Gasteiger partial charge is 0.223 e. The molecule has 2 aliphatic rings. The highest BCUT2D eigenvalue weighted by Crippen LogP contribution is 2.23. The fourth-order valence-corrected chi connectivity index (χ4v) is 4.91. The molecule has 0 bridgehead atoms. The van der Waals surface area contributed by atoms with Crippen LogP contribution in [0.4, 0.5) is 5.69 Å². The van der Waals surface area contributed by atoms with Gasteiger partial charge in [0.15, 0.2) is 0 Å². The Kier molecular flexibility index (Phi) is 6.42. The lowest BCUT2D eigenvalue weighted by atomic mass is 9.97. The minimum atomic E-state index is -3.15. The molecule has 0 aliphatic carbocycles. The van der Waals surface area contributed by atoms with Crippen LogP contribution in [-0.4, -0.2) is 51.1 Å². The zero-order valence-electron chi connectivity index (χ0n) is 16.4. The lowest BCUT2D eigenvalue weighted by molar-refractivity contribution is -0.126. The second-order valence-electron chi connectivity index (χ2n) is 8.01. The predicted molar refractivity (Wildman–Crippen MR) is 108 cm³/mol. The molecular formula is C20H31N3O3S. The normalized spacial score (nSPS) is 22.6. The number of hydrogen-bond acceptors (Lipinski definition) is 4. The molecule has 1 atom stereocenters. The van der Waals surface area contributed by atoms with Gasteiger partial charge in [0.05, 0.1) is 6.26 Å². The first-order chi connectivity index (χ1) is 12.8. The molecule has 7 heteroatoms. The molecule has 2 aliphatic heterocycles. The lowest BCUT2D eigenvalue weighted by Crippen LogP contribution is -2.42. The van der Waals surface area contributed by atoms with Gasteiger partial charge in [0.2, 0.25) is 15.9 Å². The van der Waals surface area contributed by atoms with Crippen LogP contribution >= 0.6 is 0 Å². The molecule has 0 spiro atoms. The van der Waals surface area contributed by atoms with Gasteiger partial charge >= 0.3 is 0 Å². The maximum absolute atomic E-state index is 12.4. The molecule has 27 heavy (non-hydrogen) atoms. The molecule has 6 nitrogen and oxygen atoms in total. The highest BCUT2D eigenvalue weighted by Gasteiger charge is 2.28. The summed E-state index contributed by atoms with van der Waals surface area (Å²) < 4.78 is 24.6.